The van der Waals surface area contributed by atoms with Gasteiger partial charge in [0.15, 0.2) is 11.5 Å². The van der Waals surface area contributed by atoms with Gasteiger partial charge in [0.1, 0.15) is 0 Å². The van der Waals surface area contributed by atoms with Crippen LogP contribution in [0.5, 0.6) is 11.5 Å². The Hall–Kier alpha value is -1.96. The van der Waals surface area contributed by atoms with Gasteiger partial charge in [0.05, 0.1) is 7.11 Å². The molecule has 1 N–H and O–H groups in total. The van der Waals surface area contributed by atoms with Gasteiger partial charge < -0.3 is 9.84 Å². The van der Waals surface area contributed by atoms with Crippen LogP contribution >= 0.6 is 0 Å². The van der Waals surface area contributed by atoms with E-state index in [1.165, 1.54) is 5.56 Å². The summed E-state index contributed by atoms with van der Waals surface area (Å²) in [6.07, 6.45) is 0. The van der Waals surface area contributed by atoms with Crippen molar-refractivity contribution in [2.24, 2.45) is 0 Å². The van der Waals surface area contributed by atoms with Crippen LogP contribution in [0.1, 0.15) is 11.1 Å². The second kappa shape index (κ2) is 4.50. The Morgan fingerprint density at radius 2 is 1.76 bits per heavy atom. The smallest absolute Gasteiger partial charge is 0.165 e. The van der Waals surface area contributed by atoms with Gasteiger partial charge in [0.2, 0.25) is 0 Å². The maximum Gasteiger partial charge on any atom is 0.165 e. The molecule has 2 aromatic carbocycles. The topological polar surface area (TPSA) is 29.5 Å². The molecule has 2 rings (SSSR count). The molecule has 17 heavy (non-hydrogen) atoms. The van der Waals surface area contributed by atoms with Crippen molar-refractivity contribution < 1.29 is 9.84 Å². The third-order valence-corrected chi connectivity index (χ3v) is 2.89. The Morgan fingerprint density at radius 3 is 2.41 bits per heavy atom. The van der Waals surface area contributed by atoms with Crippen LogP contribution < -0.4 is 4.74 Å². The zero-order valence-electron chi connectivity index (χ0n) is 10.3. The Labute approximate surface area is 101 Å². The first-order valence-electron chi connectivity index (χ1n) is 5.57. The summed E-state index contributed by atoms with van der Waals surface area (Å²) in [6.45, 7) is 4.10. The normalized spacial score (nSPS) is 10.3. The van der Waals surface area contributed by atoms with Crippen LogP contribution in [0, 0.1) is 13.8 Å². The number of phenols is 1. The highest BCUT2D eigenvalue weighted by molar-refractivity contribution is 5.75. The highest BCUT2D eigenvalue weighted by Crippen LogP contribution is 2.38. The lowest BCUT2D eigenvalue weighted by molar-refractivity contribution is 0.374. The van der Waals surface area contributed by atoms with Gasteiger partial charge in [-0.15, -0.1) is 0 Å². The van der Waals surface area contributed by atoms with E-state index in [-0.39, 0.29) is 5.75 Å². The van der Waals surface area contributed by atoms with Gasteiger partial charge in [-0.1, -0.05) is 35.9 Å². The van der Waals surface area contributed by atoms with Gasteiger partial charge >= 0.3 is 0 Å². The summed E-state index contributed by atoms with van der Waals surface area (Å²) < 4.78 is 5.12. The summed E-state index contributed by atoms with van der Waals surface area (Å²) in [4.78, 5) is 0. The lowest BCUT2D eigenvalue weighted by atomic mass is 9.98. The summed E-state index contributed by atoms with van der Waals surface area (Å²) >= 11 is 0. The number of aromatic hydroxyl groups is 1. The van der Waals surface area contributed by atoms with E-state index >= 15 is 0 Å². The Bertz CT molecular complexity index is 545. The van der Waals surface area contributed by atoms with Crippen LogP contribution in [0.25, 0.3) is 11.1 Å². The second-order valence-corrected chi connectivity index (χ2v) is 4.17. The molecule has 0 unspecified atom stereocenters. The molecule has 0 heterocycles. The van der Waals surface area contributed by atoms with E-state index in [0.717, 1.165) is 16.7 Å². The third kappa shape index (κ3) is 2.11. The Morgan fingerprint density at radius 1 is 1.00 bits per heavy atom. The summed E-state index contributed by atoms with van der Waals surface area (Å²) in [7, 11) is 1.56. The summed E-state index contributed by atoms with van der Waals surface area (Å²) in [5.41, 5.74) is 4.20. The minimum Gasteiger partial charge on any atom is -0.504 e. The first-order chi connectivity index (χ1) is 8.13. The molecular formula is C15H16O2. The van der Waals surface area contributed by atoms with Crippen LogP contribution in [0.2, 0.25) is 0 Å². The van der Waals surface area contributed by atoms with Gasteiger partial charge in [-0.25, -0.2) is 0 Å². The quantitative estimate of drug-likeness (QED) is 0.849. The van der Waals surface area contributed by atoms with E-state index < -0.39 is 0 Å². The van der Waals surface area contributed by atoms with E-state index in [0.29, 0.717) is 5.75 Å². The molecule has 88 valence electrons. The molecule has 0 aromatic heterocycles. The molecule has 0 bridgehead atoms. The number of phenolic OH excluding ortho intramolecular Hbond substituents is 1. The molecule has 0 aliphatic heterocycles. The van der Waals surface area contributed by atoms with Crippen molar-refractivity contribution in [1.29, 1.82) is 0 Å². The third-order valence-electron chi connectivity index (χ3n) is 2.89. The summed E-state index contributed by atoms with van der Waals surface area (Å²) in [5, 5.41) is 10.1. The van der Waals surface area contributed by atoms with Crippen LogP contribution in [-0.2, 0) is 0 Å². The zero-order valence-corrected chi connectivity index (χ0v) is 10.3. The van der Waals surface area contributed by atoms with E-state index in [4.69, 9.17) is 4.74 Å². The molecule has 0 atom stereocenters. The number of methoxy groups -OCH3 is 1. The Balaban J connectivity index is 2.60. The standard InChI is InChI=1S/C15H16O2/c1-10-7-8-12(11(2)9-10)13-5-4-6-14(17-3)15(13)16/h4-9,16H,1-3H3. The number of rotatable bonds is 2. The molecule has 0 fully saturated rings. The highest BCUT2D eigenvalue weighted by Gasteiger charge is 2.10. The minimum absolute atomic E-state index is 0.196. The van der Waals surface area contributed by atoms with Crippen LogP contribution in [0.4, 0.5) is 0 Å². The van der Waals surface area contributed by atoms with E-state index in [1.54, 1.807) is 13.2 Å². The van der Waals surface area contributed by atoms with Crippen molar-refractivity contribution in [1.82, 2.24) is 0 Å². The van der Waals surface area contributed by atoms with Crippen molar-refractivity contribution in [3.63, 3.8) is 0 Å². The molecule has 0 saturated carbocycles. The molecule has 0 radical (unpaired) electrons. The van der Waals surface area contributed by atoms with E-state index in [9.17, 15) is 5.11 Å². The fraction of sp³-hybridized carbons (Fsp3) is 0.200. The summed E-state index contributed by atoms with van der Waals surface area (Å²) in [6, 6.07) is 11.7. The van der Waals surface area contributed by atoms with Crippen LogP contribution in [0.15, 0.2) is 36.4 Å². The molecule has 2 heteroatoms. The summed E-state index contributed by atoms with van der Waals surface area (Å²) in [5.74, 6) is 0.699. The van der Waals surface area contributed by atoms with Crippen molar-refractivity contribution in [3.05, 3.63) is 47.5 Å². The molecule has 2 nitrogen and oxygen atoms in total. The van der Waals surface area contributed by atoms with Gasteiger partial charge in [0, 0.05) is 5.56 Å². The molecule has 0 aliphatic carbocycles. The average Bonchev–Trinajstić information content (AvgIpc) is 2.30. The predicted octanol–water partition coefficient (Wildman–Crippen LogP) is 3.68. The largest absolute Gasteiger partial charge is 0.504 e. The maximum absolute atomic E-state index is 10.1. The monoisotopic (exact) mass is 228 g/mol. The molecule has 0 aliphatic rings. The SMILES string of the molecule is COc1cccc(-c2ccc(C)cc2C)c1O. The molecule has 0 amide bonds. The number of hydrogen-bond donors (Lipinski definition) is 1. The molecule has 2 aromatic rings. The van der Waals surface area contributed by atoms with E-state index in [2.05, 4.69) is 13.0 Å². The minimum atomic E-state index is 0.196. The van der Waals surface area contributed by atoms with Crippen molar-refractivity contribution in [3.8, 4) is 22.6 Å². The molecule has 0 saturated heterocycles. The molecular weight excluding hydrogens is 212 g/mol. The number of ether oxygens (including phenoxy) is 1. The van der Waals surface area contributed by atoms with Crippen molar-refractivity contribution >= 4 is 0 Å². The fourth-order valence-corrected chi connectivity index (χ4v) is 2.02. The van der Waals surface area contributed by atoms with Gasteiger partial charge in [-0.2, -0.15) is 0 Å². The molecule has 0 spiro atoms. The van der Waals surface area contributed by atoms with Gasteiger partial charge in [0.25, 0.3) is 0 Å². The van der Waals surface area contributed by atoms with Crippen molar-refractivity contribution in [2.45, 2.75) is 13.8 Å². The van der Waals surface area contributed by atoms with Gasteiger partial charge in [-0.05, 0) is 31.0 Å². The van der Waals surface area contributed by atoms with Crippen LogP contribution in [-0.4, -0.2) is 12.2 Å². The van der Waals surface area contributed by atoms with Gasteiger partial charge in [-0.3, -0.25) is 0 Å². The highest BCUT2D eigenvalue weighted by atomic mass is 16.5. The Kier molecular flexibility index (Phi) is 3.05. The van der Waals surface area contributed by atoms with Crippen LogP contribution in [0.3, 0.4) is 0 Å². The number of aryl methyl sites for hydroxylation is 2. The van der Waals surface area contributed by atoms with Crippen molar-refractivity contribution in [2.75, 3.05) is 7.11 Å². The lowest BCUT2D eigenvalue weighted by Gasteiger charge is -2.11. The maximum atomic E-state index is 10.1. The number of hydrogen-bond acceptors (Lipinski definition) is 2. The second-order valence-electron chi connectivity index (χ2n) is 4.17. The number of para-hydroxylation sites is 1. The first kappa shape index (κ1) is 11.5. The number of benzene rings is 2. The lowest BCUT2D eigenvalue weighted by Crippen LogP contribution is -1.88. The first-order valence-corrected chi connectivity index (χ1v) is 5.57. The fourth-order valence-electron chi connectivity index (χ4n) is 2.02. The van der Waals surface area contributed by atoms with E-state index in [1.807, 2.05) is 31.2 Å². The zero-order chi connectivity index (χ0) is 12.4. The predicted molar refractivity (Wildman–Crippen MR) is 69.6 cm³/mol. The average molecular weight is 228 g/mol.